The quantitative estimate of drug-likeness (QED) is 0.792. The molecule has 0 saturated carbocycles. The Morgan fingerprint density at radius 3 is 2.35 bits per heavy atom. The van der Waals surface area contributed by atoms with E-state index in [-0.39, 0.29) is 0 Å². The minimum Gasteiger partial charge on any atom is -0.493 e. The summed E-state index contributed by atoms with van der Waals surface area (Å²) in [6.45, 7) is 0.529. The maximum Gasteiger partial charge on any atom is 0.346 e. The molecule has 7 heteroatoms. The van der Waals surface area contributed by atoms with Crippen LogP contribution in [0, 0.1) is 0 Å². The number of carbonyl (C=O) groups is 1. The second-order valence-corrected chi connectivity index (χ2v) is 6.96. The summed E-state index contributed by atoms with van der Waals surface area (Å²) in [6.07, 6.45) is 0. The zero-order valence-corrected chi connectivity index (χ0v) is 16.2. The van der Waals surface area contributed by atoms with E-state index in [4.69, 9.17) is 25.8 Å². The maximum absolute atomic E-state index is 12.4. The smallest absolute Gasteiger partial charge is 0.346 e. The van der Waals surface area contributed by atoms with Crippen molar-refractivity contribution in [1.29, 1.82) is 0 Å². The molecule has 1 aliphatic heterocycles. The molecular formula is C19H18ClNO4S. The zero-order valence-electron chi connectivity index (χ0n) is 14.6. The molecule has 1 N–H and O–H groups in total. The summed E-state index contributed by atoms with van der Waals surface area (Å²) in [5.41, 5.74) is 2.56. The number of hydrogen-bond donors (Lipinski definition) is 1. The molecule has 136 valence electrons. The lowest BCUT2D eigenvalue weighted by atomic mass is 10.1. The normalized spacial score (nSPS) is 13.4. The number of ether oxygens (including phenoxy) is 3. The number of methoxy groups -OCH3 is 3. The molecule has 0 aromatic heterocycles. The SMILES string of the molecule is COC(=O)C1=C(c2ccc(Cl)cc2)NCc2cc(OC)c(OC)cc2S1. The third kappa shape index (κ3) is 3.61. The number of esters is 1. The van der Waals surface area contributed by atoms with Crippen molar-refractivity contribution in [3.63, 3.8) is 0 Å². The first-order valence-electron chi connectivity index (χ1n) is 7.82. The van der Waals surface area contributed by atoms with Crippen LogP contribution in [0.2, 0.25) is 5.02 Å². The van der Waals surface area contributed by atoms with Gasteiger partial charge in [-0.05, 0) is 35.4 Å². The monoisotopic (exact) mass is 391 g/mol. The number of halogens is 1. The Bertz CT molecular complexity index is 865. The Hall–Kier alpha value is -2.31. The van der Waals surface area contributed by atoms with E-state index in [1.54, 1.807) is 26.4 Å². The van der Waals surface area contributed by atoms with Crippen molar-refractivity contribution in [3.8, 4) is 11.5 Å². The van der Waals surface area contributed by atoms with Gasteiger partial charge in [-0.3, -0.25) is 0 Å². The summed E-state index contributed by atoms with van der Waals surface area (Å²) >= 11 is 7.33. The Balaban J connectivity index is 2.10. The van der Waals surface area contributed by atoms with Crippen molar-refractivity contribution < 1.29 is 19.0 Å². The molecule has 0 radical (unpaired) electrons. The molecule has 0 amide bonds. The van der Waals surface area contributed by atoms with Crippen molar-refractivity contribution in [1.82, 2.24) is 5.32 Å². The molecule has 2 aromatic carbocycles. The van der Waals surface area contributed by atoms with Gasteiger partial charge in [0.1, 0.15) is 4.91 Å². The Labute approximate surface area is 161 Å². The van der Waals surface area contributed by atoms with Crippen LogP contribution in [0.3, 0.4) is 0 Å². The van der Waals surface area contributed by atoms with Gasteiger partial charge >= 0.3 is 5.97 Å². The first-order valence-corrected chi connectivity index (χ1v) is 9.02. The van der Waals surface area contributed by atoms with Gasteiger partial charge in [0.15, 0.2) is 11.5 Å². The van der Waals surface area contributed by atoms with E-state index in [2.05, 4.69) is 5.32 Å². The van der Waals surface area contributed by atoms with Crippen molar-refractivity contribution in [2.45, 2.75) is 11.4 Å². The summed E-state index contributed by atoms with van der Waals surface area (Å²) in [5.74, 6) is 0.844. The number of benzene rings is 2. The van der Waals surface area contributed by atoms with Gasteiger partial charge in [-0.2, -0.15) is 0 Å². The first kappa shape index (κ1) is 18.5. The number of hydrogen-bond acceptors (Lipinski definition) is 6. The van der Waals surface area contributed by atoms with Crippen LogP contribution in [0.1, 0.15) is 11.1 Å². The summed E-state index contributed by atoms with van der Waals surface area (Å²) < 4.78 is 15.8. The van der Waals surface area contributed by atoms with Crippen molar-refractivity contribution in [2.24, 2.45) is 0 Å². The van der Waals surface area contributed by atoms with E-state index in [0.29, 0.717) is 33.7 Å². The molecule has 0 aliphatic carbocycles. The van der Waals surface area contributed by atoms with Gasteiger partial charge < -0.3 is 19.5 Å². The van der Waals surface area contributed by atoms with Crippen LogP contribution in [0.25, 0.3) is 5.70 Å². The highest BCUT2D eigenvalue weighted by atomic mass is 35.5. The van der Waals surface area contributed by atoms with Gasteiger partial charge in [-0.25, -0.2) is 4.79 Å². The lowest BCUT2D eigenvalue weighted by Gasteiger charge is -2.13. The Morgan fingerprint density at radius 2 is 1.73 bits per heavy atom. The maximum atomic E-state index is 12.4. The number of carbonyl (C=O) groups excluding carboxylic acids is 1. The molecule has 26 heavy (non-hydrogen) atoms. The van der Waals surface area contributed by atoms with Crippen LogP contribution in [0.5, 0.6) is 11.5 Å². The highest BCUT2D eigenvalue weighted by Crippen LogP contribution is 2.42. The third-order valence-corrected chi connectivity index (χ3v) is 5.39. The van der Waals surface area contributed by atoms with Crippen molar-refractivity contribution >= 4 is 35.0 Å². The van der Waals surface area contributed by atoms with Gasteiger partial charge in [0, 0.05) is 16.5 Å². The zero-order chi connectivity index (χ0) is 18.7. The minimum absolute atomic E-state index is 0.407. The molecule has 1 heterocycles. The van der Waals surface area contributed by atoms with E-state index in [1.807, 2.05) is 24.3 Å². The second kappa shape index (κ2) is 7.93. The standard InChI is InChI=1S/C19H18ClNO4S/c1-23-14-8-12-10-21-17(11-4-6-13(20)7-5-11)18(19(22)25-3)26-16(12)9-15(14)24-2/h4-9,21H,10H2,1-3H3. The summed E-state index contributed by atoms with van der Waals surface area (Å²) in [7, 11) is 4.55. The van der Waals surface area contributed by atoms with Crippen LogP contribution >= 0.6 is 23.4 Å². The summed E-state index contributed by atoms with van der Waals surface area (Å²) in [5, 5.41) is 3.98. The van der Waals surface area contributed by atoms with Gasteiger partial charge in [0.2, 0.25) is 0 Å². The van der Waals surface area contributed by atoms with Crippen LogP contribution in [-0.4, -0.2) is 27.3 Å². The summed E-state index contributed by atoms with van der Waals surface area (Å²) in [4.78, 5) is 13.8. The molecule has 0 atom stereocenters. The fourth-order valence-corrected chi connectivity index (χ4v) is 3.88. The van der Waals surface area contributed by atoms with Crippen LogP contribution in [0.15, 0.2) is 46.2 Å². The van der Waals surface area contributed by atoms with Crippen molar-refractivity contribution in [3.05, 3.63) is 57.5 Å². The highest BCUT2D eigenvalue weighted by Gasteiger charge is 2.25. The van der Waals surface area contributed by atoms with Gasteiger partial charge in [0.05, 0.1) is 27.0 Å². The molecule has 0 fully saturated rings. The van der Waals surface area contributed by atoms with Gasteiger partial charge in [-0.15, -0.1) is 0 Å². The third-order valence-electron chi connectivity index (χ3n) is 3.97. The number of thioether (sulfide) groups is 1. The van der Waals surface area contributed by atoms with Crippen LogP contribution in [0.4, 0.5) is 0 Å². The van der Waals surface area contributed by atoms with E-state index < -0.39 is 5.97 Å². The molecule has 0 spiro atoms. The van der Waals surface area contributed by atoms with Gasteiger partial charge in [0.25, 0.3) is 0 Å². The average Bonchev–Trinajstić information content (AvgIpc) is 2.86. The van der Waals surface area contributed by atoms with Crippen molar-refractivity contribution in [2.75, 3.05) is 21.3 Å². The highest BCUT2D eigenvalue weighted by molar-refractivity contribution is 8.04. The molecule has 0 saturated heterocycles. The van der Waals surface area contributed by atoms with Crippen LogP contribution < -0.4 is 14.8 Å². The largest absolute Gasteiger partial charge is 0.493 e. The fourth-order valence-electron chi connectivity index (χ4n) is 2.65. The second-order valence-electron chi connectivity index (χ2n) is 5.47. The van der Waals surface area contributed by atoms with Gasteiger partial charge in [-0.1, -0.05) is 35.5 Å². The van der Waals surface area contributed by atoms with E-state index >= 15 is 0 Å². The Kier molecular flexibility index (Phi) is 5.64. The lowest BCUT2D eigenvalue weighted by Crippen LogP contribution is -2.15. The van der Waals surface area contributed by atoms with E-state index in [9.17, 15) is 4.79 Å². The lowest BCUT2D eigenvalue weighted by molar-refractivity contribution is -0.135. The molecule has 0 unspecified atom stereocenters. The number of rotatable bonds is 4. The molecule has 3 rings (SSSR count). The van der Waals surface area contributed by atoms with E-state index in [1.165, 1.54) is 18.9 Å². The molecule has 0 bridgehead atoms. The summed E-state index contributed by atoms with van der Waals surface area (Å²) in [6, 6.07) is 11.1. The molecule has 1 aliphatic rings. The van der Waals surface area contributed by atoms with E-state index in [0.717, 1.165) is 16.0 Å². The Morgan fingerprint density at radius 1 is 1.08 bits per heavy atom. The molecule has 5 nitrogen and oxygen atoms in total. The predicted octanol–water partition coefficient (Wildman–Crippen LogP) is 4.09. The molecular weight excluding hydrogens is 374 g/mol. The fraction of sp³-hybridized carbons (Fsp3) is 0.211. The topological polar surface area (TPSA) is 56.8 Å². The number of fused-ring (bicyclic) bond motifs is 1. The number of nitrogens with one attached hydrogen (secondary N) is 1. The molecule has 2 aromatic rings. The predicted molar refractivity (Wildman–Crippen MR) is 103 cm³/mol. The minimum atomic E-state index is -0.407. The first-order chi connectivity index (χ1) is 12.6. The van der Waals surface area contributed by atoms with Crippen LogP contribution in [-0.2, 0) is 16.1 Å². The average molecular weight is 392 g/mol.